The van der Waals surface area contributed by atoms with Gasteiger partial charge in [0.2, 0.25) is 11.8 Å². The molecule has 1 aliphatic carbocycles. The molecule has 4 N–H and O–H groups in total. The van der Waals surface area contributed by atoms with Gasteiger partial charge in [0.05, 0.1) is 12.7 Å². The second-order valence-corrected chi connectivity index (χ2v) is 9.94. The number of alkyl halides is 3. The summed E-state index contributed by atoms with van der Waals surface area (Å²) in [5, 5.41) is 7.83. The first-order chi connectivity index (χ1) is 18.1. The molecule has 0 radical (unpaired) electrons. The number of aromatic nitrogens is 1. The Bertz CT molecular complexity index is 1210. The van der Waals surface area contributed by atoms with Gasteiger partial charge in [-0.15, -0.1) is 0 Å². The Morgan fingerprint density at radius 3 is 2.55 bits per heavy atom. The van der Waals surface area contributed by atoms with Crippen LogP contribution in [0.2, 0.25) is 0 Å². The average molecular weight is 537 g/mol. The van der Waals surface area contributed by atoms with Crippen LogP contribution < -0.4 is 16.0 Å². The van der Waals surface area contributed by atoms with E-state index in [0.717, 1.165) is 31.4 Å². The number of nitrogens with one attached hydrogen (secondary N) is 4. The molecule has 9 nitrogen and oxygen atoms in total. The minimum atomic E-state index is -4.60. The Morgan fingerprint density at radius 1 is 1.13 bits per heavy atom. The topological polar surface area (TPSA) is 129 Å². The monoisotopic (exact) mass is 536 g/mol. The summed E-state index contributed by atoms with van der Waals surface area (Å²) in [6, 6.07) is 2.59. The maximum Gasteiger partial charge on any atom is 0.417 e. The molecule has 38 heavy (non-hydrogen) atoms. The SMILES string of the molecule is COC(=O)[C@H](C[C@@H]1CCCNC1=O)NC(=O)[C@H](CCC1CC1)NC(=O)c1cc2c(C(F)(F)F)cccc2[nH]1. The van der Waals surface area contributed by atoms with E-state index in [2.05, 4.69) is 20.9 Å². The van der Waals surface area contributed by atoms with Crippen molar-refractivity contribution in [1.82, 2.24) is 20.9 Å². The third-order valence-corrected chi connectivity index (χ3v) is 7.12. The maximum absolute atomic E-state index is 13.4. The lowest BCUT2D eigenvalue weighted by Crippen LogP contribution is -2.53. The highest BCUT2D eigenvalue weighted by molar-refractivity contribution is 6.01. The standard InChI is InChI=1S/C26H31F3N4O5/c1-38-25(37)21(12-15-4-3-11-30-22(15)34)33-23(35)19(10-9-14-7-8-14)32-24(36)20-13-16-17(26(27,28)29)5-2-6-18(16)31-20/h2,5-6,13-15,19,21,31H,3-4,7-12H2,1H3,(H,30,34)(H,32,36)(H,33,35)/t15-,19-,21-/m0/s1. The highest BCUT2D eigenvalue weighted by Gasteiger charge is 2.35. The smallest absolute Gasteiger partial charge is 0.417 e. The molecule has 1 aliphatic heterocycles. The molecule has 2 aliphatic rings. The molecule has 1 saturated heterocycles. The molecule has 0 spiro atoms. The number of halogens is 3. The number of rotatable bonds is 10. The van der Waals surface area contributed by atoms with E-state index in [4.69, 9.17) is 4.74 Å². The minimum absolute atomic E-state index is 0.0514. The first-order valence-electron chi connectivity index (χ1n) is 12.7. The minimum Gasteiger partial charge on any atom is -0.467 e. The number of benzene rings is 1. The molecule has 206 valence electrons. The van der Waals surface area contributed by atoms with Crippen LogP contribution in [0.15, 0.2) is 24.3 Å². The highest BCUT2D eigenvalue weighted by atomic mass is 19.4. The van der Waals surface area contributed by atoms with Gasteiger partial charge < -0.3 is 25.7 Å². The average Bonchev–Trinajstić information content (AvgIpc) is 3.60. The molecule has 2 aromatic rings. The van der Waals surface area contributed by atoms with Gasteiger partial charge in [-0.1, -0.05) is 18.9 Å². The first kappa shape index (κ1) is 27.5. The molecule has 1 aromatic carbocycles. The lowest BCUT2D eigenvalue weighted by molar-refractivity contribution is -0.146. The first-order valence-corrected chi connectivity index (χ1v) is 12.7. The van der Waals surface area contributed by atoms with Crippen molar-refractivity contribution in [1.29, 1.82) is 0 Å². The van der Waals surface area contributed by atoms with Gasteiger partial charge in [0.25, 0.3) is 5.91 Å². The summed E-state index contributed by atoms with van der Waals surface area (Å²) < 4.78 is 45.0. The molecule has 1 saturated carbocycles. The van der Waals surface area contributed by atoms with Crippen LogP contribution in [0.1, 0.15) is 61.0 Å². The number of hydrogen-bond donors (Lipinski definition) is 4. The van der Waals surface area contributed by atoms with Crippen molar-refractivity contribution in [3.05, 3.63) is 35.5 Å². The number of hydrogen-bond acceptors (Lipinski definition) is 5. The molecule has 3 amide bonds. The second kappa shape index (κ2) is 11.4. The van der Waals surface area contributed by atoms with Crippen molar-refractivity contribution >= 4 is 34.6 Å². The number of carbonyl (C=O) groups excluding carboxylic acids is 4. The van der Waals surface area contributed by atoms with Crippen LogP contribution in [0.5, 0.6) is 0 Å². The van der Waals surface area contributed by atoms with E-state index in [1.165, 1.54) is 19.2 Å². The fourth-order valence-electron chi connectivity index (χ4n) is 4.81. The number of methoxy groups -OCH3 is 1. The molecule has 0 unspecified atom stereocenters. The van der Waals surface area contributed by atoms with Crippen LogP contribution in [-0.2, 0) is 25.3 Å². The van der Waals surface area contributed by atoms with E-state index in [0.29, 0.717) is 25.3 Å². The van der Waals surface area contributed by atoms with Crippen molar-refractivity contribution in [3.63, 3.8) is 0 Å². The van der Waals surface area contributed by atoms with Crippen molar-refractivity contribution in [2.24, 2.45) is 11.8 Å². The largest absolute Gasteiger partial charge is 0.467 e. The lowest BCUT2D eigenvalue weighted by Gasteiger charge is -2.27. The maximum atomic E-state index is 13.4. The second-order valence-electron chi connectivity index (χ2n) is 9.94. The van der Waals surface area contributed by atoms with Gasteiger partial charge in [0.15, 0.2) is 0 Å². The molecule has 0 bridgehead atoms. The number of piperidine rings is 1. The van der Waals surface area contributed by atoms with Gasteiger partial charge in [-0.05, 0) is 56.2 Å². The van der Waals surface area contributed by atoms with Gasteiger partial charge in [-0.25, -0.2) is 4.79 Å². The summed E-state index contributed by atoms with van der Waals surface area (Å²) >= 11 is 0. The fraction of sp³-hybridized carbons (Fsp3) is 0.538. The highest BCUT2D eigenvalue weighted by Crippen LogP contribution is 2.35. The number of fused-ring (bicyclic) bond motifs is 1. The number of carbonyl (C=O) groups is 4. The van der Waals surface area contributed by atoms with Crippen molar-refractivity contribution in [2.45, 2.75) is 63.2 Å². The van der Waals surface area contributed by atoms with E-state index in [-0.39, 0.29) is 35.3 Å². The Balaban J connectivity index is 1.50. The van der Waals surface area contributed by atoms with Gasteiger partial charge in [-0.2, -0.15) is 13.2 Å². The third kappa shape index (κ3) is 6.65. The zero-order valence-corrected chi connectivity index (χ0v) is 21.0. The van der Waals surface area contributed by atoms with Gasteiger partial charge in [0.1, 0.15) is 17.8 Å². The summed E-state index contributed by atoms with van der Waals surface area (Å²) in [4.78, 5) is 53.6. The number of amides is 3. The van der Waals surface area contributed by atoms with Crippen molar-refractivity contribution < 1.29 is 37.1 Å². The Morgan fingerprint density at radius 2 is 1.89 bits per heavy atom. The Labute approximate surface area is 217 Å². The van der Waals surface area contributed by atoms with Crippen LogP contribution in [0.3, 0.4) is 0 Å². The van der Waals surface area contributed by atoms with Crippen LogP contribution in [-0.4, -0.2) is 54.4 Å². The van der Waals surface area contributed by atoms with Crippen molar-refractivity contribution in [2.75, 3.05) is 13.7 Å². The summed E-state index contributed by atoms with van der Waals surface area (Å²) in [5.74, 6) is -2.31. The molecular weight excluding hydrogens is 505 g/mol. The predicted molar refractivity (Wildman–Crippen MR) is 131 cm³/mol. The molecule has 2 fully saturated rings. The molecule has 1 aromatic heterocycles. The molecule has 4 rings (SSSR count). The van der Waals surface area contributed by atoms with Gasteiger partial charge in [0, 0.05) is 23.4 Å². The summed E-state index contributed by atoms with van der Waals surface area (Å²) in [6.45, 7) is 0.554. The van der Waals surface area contributed by atoms with Gasteiger partial charge in [-0.3, -0.25) is 14.4 Å². The molecule has 3 atom stereocenters. The quantitative estimate of drug-likeness (QED) is 0.347. The van der Waals surface area contributed by atoms with Crippen molar-refractivity contribution in [3.8, 4) is 0 Å². The predicted octanol–water partition coefficient (Wildman–Crippen LogP) is 3.05. The molecule has 2 heterocycles. The Hall–Kier alpha value is -3.57. The summed E-state index contributed by atoms with van der Waals surface area (Å²) in [5.41, 5.74) is -0.856. The molecule has 12 heteroatoms. The Kier molecular flexibility index (Phi) is 8.27. The lowest BCUT2D eigenvalue weighted by atomic mass is 9.91. The van der Waals surface area contributed by atoms with Crippen LogP contribution >= 0.6 is 0 Å². The molecular formula is C26H31F3N4O5. The summed E-state index contributed by atoms with van der Waals surface area (Å²) in [7, 11) is 1.18. The number of H-pyrrole nitrogens is 1. The number of aromatic amines is 1. The van der Waals surface area contributed by atoms with E-state index in [1.807, 2.05) is 0 Å². The van der Waals surface area contributed by atoms with Crippen LogP contribution in [0.25, 0.3) is 10.9 Å². The zero-order valence-electron chi connectivity index (χ0n) is 21.0. The van der Waals surface area contributed by atoms with Crippen LogP contribution in [0.4, 0.5) is 13.2 Å². The van der Waals surface area contributed by atoms with E-state index >= 15 is 0 Å². The van der Waals surface area contributed by atoms with Crippen LogP contribution in [0, 0.1) is 11.8 Å². The van der Waals surface area contributed by atoms with E-state index in [1.54, 1.807) is 0 Å². The zero-order chi connectivity index (χ0) is 27.4. The normalized spacial score (nSPS) is 19.4. The third-order valence-electron chi connectivity index (χ3n) is 7.12. The van der Waals surface area contributed by atoms with E-state index in [9.17, 15) is 32.3 Å². The van der Waals surface area contributed by atoms with E-state index < -0.39 is 47.5 Å². The van der Waals surface area contributed by atoms with Gasteiger partial charge >= 0.3 is 12.1 Å². The number of ether oxygens (including phenoxy) is 1. The fourth-order valence-corrected chi connectivity index (χ4v) is 4.81. The number of esters is 1. The summed E-state index contributed by atoms with van der Waals surface area (Å²) in [6.07, 6.45) is -0.240.